The van der Waals surface area contributed by atoms with E-state index < -0.39 is 11.9 Å². The fraction of sp³-hybridized carbons (Fsp3) is 0.400. The Morgan fingerprint density at radius 1 is 1.27 bits per heavy atom. The molecule has 0 fully saturated rings. The van der Waals surface area contributed by atoms with Crippen molar-refractivity contribution in [3.63, 3.8) is 0 Å². The molecule has 0 aliphatic heterocycles. The van der Waals surface area contributed by atoms with Crippen molar-refractivity contribution in [1.29, 1.82) is 0 Å². The lowest BCUT2D eigenvalue weighted by molar-refractivity contribution is -0.144. The second kappa shape index (κ2) is 8.53. The quantitative estimate of drug-likeness (QED) is 0.584. The predicted molar refractivity (Wildman–Crippen MR) is 81.8 cm³/mol. The minimum absolute atomic E-state index is 0.0894. The molecule has 1 aromatic carbocycles. The van der Waals surface area contributed by atoms with E-state index in [1.165, 1.54) is 19.9 Å². The lowest BCUT2D eigenvalue weighted by Crippen LogP contribution is -2.14. The second-order valence-electron chi connectivity index (χ2n) is 4.69. The van der Waals surface area contributed by atoms with Gasteiger partial charge >= 0.3 is 11.9 Å². The van der Waals surface area contributed by atoms with E-state index in [-0.39, 0.29) is 30.4 Å². The molecule has 0 aliphatic carbocycles. The van der Waals surface area contributed by atoms with Gasteiger partial charge in [-0.15, -0.1) is 0 Å². The summed E-state index contributed by atoms with van der Waals surface area (Å²) in [6.45, 7) is 2.86. The number of phenolic OH excluding ortho intramolecular Hbond substituents is 1. The predicted octanol–water partition coefficient (Wildman–Crippen LogP) is 2.57. The van der Waals surface area contributed by atoms with E-state index in [4.69, 9.17) is 9.47 Å². The van der Waals surface area contributed by atoms with Crippen molar-refractivity contribution in [2.24, 2.45) is 0 Å². The zero-order chi connectivity index (χ0) is 16.7. The molecule has 1 unspecified atom stereocenters. The number of carbonyl (C=O) groups is 3. The summed E-state index contributed by atoms with van der Waals surface area (Å²) in [5.74, 6) is -1.23. The van der Waals surface area contributed by atoms with Gasteiger partial charge < -0.3 is 14.6 Å². The van der Waals surface area contributed by atoms with Crippen LogP contribution in [0.15, 0.2) is 16.6 Å². The SMILES string of the molecule is CC(=O)OCCC(COC(C)=O)c1cc(Br)c(O)c(C=O)c1. The minimum atomic E-state index is -0.425. The standard InChI is InChI=1S/C15H17BrO6/c1-9(18)21-4-3-11(8-22-10(2)19)12-5-13(7-17)15(20)14(16)6-12/h5-7,11,20H,3-4,8H2,1-2H3. The first-order valence-corrected chi connectivity index (χ1v) is 7.38. The first kappa shape index (κ1) is 18.2. The molecule has 1 aromatic rings. The van der Waals surface area contributed by atoms with Gasteiger partial charge in [0.05, 0.1) is 23.2 Å². The van der Waals surface area contributed by atoms with Crippen LogP contribution in [0.25, 0.3) is 0 Å². The first-order chi connectivity index (χ1) is 10.3. The van der Waals surface area contributed by atoms with Gasteiger partial charge in [0.1, 0.15) is 5.75 Å². The molecule has 0 heterocycles. The highest BCUT2D eigenvalue weighted by molar-refractivity contribution is 9.10. The van der Waals surface area contributed by atoms with Crippen LogP contribution in [0.3, 0.4) is 0 Å². The molecule has 0 aromatic heterocycles. The maximum absolute atomic E-state index is 11.0. The normalized spacial score (nSPS) is 11.6. The van der Waals surface area contributed by atoms with Crippen LogP contribution >= 0.6 is 15.9 Å². The zero-order valence-electron chi connectivity index (χ0n) is 12.3. The topological polar surface area (TPSA) is 89.9 Å². The van der Waals surface area contributed by atoms with Gasteiger partial charge in [-0.2, -0.15) is 0 Å². The van der Waals surface area contributed by atoms with Crippen LogP contribution in [-0.2, 0) is 19.1 Å². The van der Waals surface area contributed by atoms with Gasteiger partial charge in [-0.1, -0.05) is 0 Å². The van der Waals surface area contributed by atoms with Gasteiger partial charge in [0.15, 0.2) is 6.29 Å². The number of carbonyl (C=O) groups excluding carboxylic acids is 3. The smallest absolute Gasteiger partial charge is 0.302 e. The summed E-state index contributed by atoms with van der Waals surface area (Å²) in [7, 11) is 0. The Labute approximate surface area is 136 Å². The van der Waals surface area contributed by atoms with Crippen LogP contribution in [0.5, 0.6) is 5.75 Å². The third kappa shape index (κ3) is 5.48. The van der Waals surface area contributed by atoms with Crippen molar-refractivity contribution in [1.82, 2.24) is 0 Å². The number of rotatable bonds is 7. The molecular weight excluding hydrogens is 356 g/mol. The number of hydrogen-bond donors (Lipinski definition) is 1. The Balaban J connectivity index is 2.97. The third-order valence-electron chi connectivity index (χ3n) is 2.97. The van der Waals surface area contributed by atoms with Crippen LogP contribution in [0.2, 0.25) is 0 Å². The third-order valence-corrected chi connectivity index (χ3v) is 3.58. The molecule has 0 spiro atoms. The Kier molecular flexibility index (Phi) is 7.04. The molecule has 22 heavy (non-hydrogen) atoms. The van der Waals surface area contributed by atoms with Gasteiger partial charge in [0.2, 0.25) is 0 Å². The lowest BCUT2D eigenvalue weighted by atomic mass is 9.95. The van der Waals surface area contributed by atoms with Crippen molar-refractivity contribution >= 4 is 34.2 Å². The summed E-state index contributed by atoms with van der Waals surface area (Å²) >= 11 is 3.18. The van der Waals surface area contributed by atoms with Crippen molar-refractivity contribution in [3.8, 4) is 5.75 Å². The highest BCUT2D eigenvalue weighted by Gasteiger charge is 2.18. The zero-order valence-corrected chi connectivity index (χ0v) is 13.9. The Bertz CT molecular complexity index is 569. The molecular formula is C15H17BrO6. The molecule has 0 aliphatic rings. The number of halogens is 1. The first-order valence-electron chi connectivity index (χ1n) is 6.59. The number of esters is 2. The summed E-state index contributed by atoms with van der Waals surface area (Å²) in [6, 6.07) is 3.17. The van der Waals surface area contributed by atoms with Gasteiger partial charge in [-0.3, -0.25) is 14.4 Å². The molecule has 1 N–H and O–H groups in total. The summed E-state index contributed by atoms with van der Waals surface area (Å²) in [6.07, 6.45) is 0.959. The number of phenols is 1. The van der Waals surface area contributed by atoms with Gasteiger partial charge in [0, 0.05) is 19.8 Å². The van der Waals surface area contributed by atoms with Crippen molar-refractivity contribution in [2.75, 3.05) is 13.2 Å². The fourth-order valence-corrected chi connectivity index (χ4v) is 2.37. The summed E-state index contributed by atoms with van der Waals surface area (Å²) in [4.78, 5) is 32.8. The van der Waals surface area contributed by atoms with Crippen molar-refractivity contribution in [2.45, 2.75) is 26.2 Å². The highest BCUT2D eigenvalue weighted by Crippen LogP contribution is 2.32. The average Bonchev–Trinajstić information content (AvgIpc) is 2.44. The van der Waals surface area contributed by atoms with E-state index >= 15 is 0 Å². The molecule has 120 valence electrons. The molecule has 0 radical (unpaired) electrons. The monoisotopic (exact) mass is 372 g/mol. The van der Waals surface area contributed by atoms with Gasteiger partial charge in [-0.05, 0) is 40.0 Å². The molecule has 0 bridgehead atoms. The Hall–Kier alpha value is -1.89. The number of aromatic hydroxyl groups is 1. The maximum atomic E-state index is 11.0. The lowest BCUT2D eigenvalue weighted by Gasteiger charge is -2.18. The van der Waals surface area contributed by atoms with Crippen LogP contribution in [-0.4, -0.2) is 36.5 Å². The Morgan fingerprint density at radius 2 is 1.91 bits per heavy atom. The van der Waals surface area contributed by atoms with E-state index in [1.807, 2.05) is 0 Å². The minimum Gasteiger partial charge on any atom is -0.506 e. The number of ether oxygens (including phenoxy) is 2. The van der Waals surface area contributed by atoms with Crippen LogP contribution < -0.4 is 0 Å². The van der Waals surface area contributed by atoms with E-state index in [1.54, 1.807) is 6.07 Å². The van der Waals surface area contributed by atoms with Crippen LogP contribution in [0.1, 0.15) is 42.1 Å². The molecule has 1 atom stereocenters. The molecule has 6 nitrogen and oxygen atoms in total. The number of aldehydes is 1. The molecule has 0 amide bonds. The second-order valence-corrected chi connectivity index (χ2v) is 5.54. The van der Waals surface area contributed by atoms with E-state index in [9.17, 15) is 19.5 Å². The molecule has 1 rings (SSSR count). The summed E-state index contributed by atoms with van der Waals surface area (Å²) in [5, 5.41) is 9.74. The molecule has 0 saturated heterocycles. The molecule has 0 saturated carbocycles. The Morgan fingerprint density at radius 3 is 2.45 bits per heavy atom. The van der Waals surface area contributed by atoms with Crippen molar-refractivity contribution in [3.05, 3.63) is 27.7 Å². The number of hydrogen-bond acceptors (Lipinski definition) is 6. The molecule has 7 heteroatoms. The van der Waals surface area contributed by atoms with E-state index in [2.05, 4.69) is 15.9 Å². The highest BCUT2D eigenvalue weighted by atomic mass is 79.9. The van der Waals surface area contributed by atoms with Crippen LogP contribution in [0, 0.1) is 0 Å². The summed E-state index contributed by atoms with van der Waals surface area (Å²) < 4.78 is 10.3. The summed E-state index contributed by atoms with van der Waals surface area (Å²) in [5.41, 5.74) is 0.824. The largest absolute Gasteiger partial charge is 0.506 e. The van der Waals surface area contributed by atoms with Gasteiger partial charge in [0.25, 0.3) is 0 Å². The van der Waals surface area contributed by atoms with Crippen LogP contribution in [0.4, 0.5) is 0 Å². The maximum Gasteiger partial charge on any atom is 0.302 e. The van der Waals surface area contributed by atoms with E-state index in [0.29, 0.717) is 22.7 Å². The number of benzene rings is 1. The fourth-order valence-electron chi connectivity index (χ4n) is 1.88. The average molecular weight is 373 g/mol. The van der Waals surface area contributed by atoms with Crippen molar-refractivity contribution < 1.29 is 29.0 Å². The van der Waals surface area contributed by atoms with Gasteiger partial charge in [-0.25, -0.2) is 0 Å². The van der Waals surface area contributed by atoms with E-state index in [0.717, 1.165) is 0 Å².